The van der Waals surface area contributed by atoms with Crippen LogP contribution in [0.5, 0.6) is 5.75 Å². The fraction of sp³-hybridized carbons (Fsp3) is 0.595. The van der Waals surface area contributed by atoms with Crippen molar-refractivity contribution < 1.29 is 23.1 Å². The molecule has 1 amide bonds. The highest BCUT2D eigenvalue weighted by Crippen LogP contribution is 2.48. The van der Waals surface area contributed by atoms with Gasteiger partial charge in [-0.1, -0.05) is 36.7 Å². The van der Waals surface area contributed by atoms with Crippen LogP contribution in [0.2, 0.25) is 5.02 Å². The quantitative estimate of drug-likeness (QED) is 0.333. The Kier molecular flexibility index (Phi) is 9.26. The zero-order valence-corrected chi connectivity index (χ0v) is 29.9. The van der Waals surface area contributed by atoms with Gasteiger partial charge in [-0.3, -0.25) is 4.79 Å². The number of carbonyl (C=O) groups excluding carboxylic acids is 1. The first-order valence-electron chi connectivity index (χ1n) is 17.1. The summed E-state index contributed by atoms with van der Waals surface area (Å²) in [6.45, 7) is 12.0. The number of sulfonamides is 1. The van der Waals surface area contributed by atoms with Crippen molar-refractivity contribution in [3.05, 3.63) is 70.3 Å². The molecule has 10 heteroatoms. The molecule has 2 bridgehead atoms. The molecule has 6 rings (SSSR count). The maximum Gasteiger partial charge on any atom is 0.264 e. The lowest BCUT2D eigenvalue weighted by molar-refractivity contribution is -0.0467. The summed E-state index contributed by atoms with van der Waals surface area (Å²) in [5.41, 5.74) is 1.96. The lowest BCUT2D eigenvalue weighted by atomic mass is 9.63. The second-order valence-corrected chi connectivity index (χ2v) is 18.1. The van der Waals surface area contributed by atoms with E-state index in [4.69, 9.17) is 16.3 Å². The summed E-state index contributed by atoms with van der Waals surface area (Å²) in [6, 6.07) is 11.4. The van der Waals surface area contributed by atoms with Crippen LogP contribution in [0.4, 0.5) is 5.69 Å². The van der Waals surface area contributed by atoms with Gasteiger partial charge in [0, 0.05) is 41.2 Å². The average molecular weight is 684 g/mol. The molecule has 0 saturated heterocycles. The van der Waals surface area contributed by atoms with E-state index in [1.54, 1.807) is 25.1 Å². The van der Waals surface area contributed by atoms with Crippen LogP contribution in [0.25, 0.3) is 0 Å². The number of fused-ring (bicyclic) bond motifs is 4. The standard InChI is InChI=1S/C37H50ClN3O5S/c1-24-8-6-17-37(43,21-39-35(3,4)5)31-13-10-28(31)20-41-22-36(16-7-9-26-18-29(38)12-14-30(26)36)23-46-33-15-11-27(19-32(33)41)34(42)40-47(44,45)25(24)2/h6,11-12,14-15,17-19,24-25,28,31,39,43H,7-10,13,16,20-23H2,1-5H3,(H,40,42)/b17-6-/t24-,25+,28-,31+,36-,37+/m0/s1. The molecule has 6 atom stereocenters. The van der Waals surface area contributed by atoms with Gasteiger partial charge in [-0.15, -0.1) is 0 Å². The van der Waals surface area contributed by atoms with Gasteiger partial charge in [0.2, 0.25) is 10.0 Å². The van der Waals surface area contributed by atoms with Gasteiger partial charge in [0.05, 0.1) is 23.1 Å². The van der Waals surface area contributed by atoms with Crippen molar-refractivity contribution in [2.75, 3.05) is 31.1 Å². The SMILES string of the molecule is C[C@@H]1[C@@H](C)C/C=C\[C@@](O)(CNC(C)(C)C)[C@@H]2CC[C@H]2CN2C[C@@]3(CCCc4cc(Cl)ccc43)COc3ccc(cc32)C(=O)NS1(=O)=O. The van der Waals surface area contributed by atoms with Crippen molar-refractivity contribution in [1.29, 1.82) is 0 Å². The number of amides is 1. The van der Waals surface area contributed by atoms with Crippen LogP contribution in [0.15, 0.2) is 48.6 Å². The smallest absolute Gasteiger partial charge is 0.264 e. The monoisotopic (exact) mass is 683 g/mol. The Bertz CT molecular complexity index is 1660. The number of anilines is 1. The number of aryl methyl sites for hydroxylation is 1. The Morgan fingerprint density at radius 3 is 2.66 bits per heavy atom. The topological polar surface area (TPSA) is 108 Å². The number of nitrogens with zero attached hydrogens (tertiary/aromatic N) is 1. The van der Waals surface area contributed by atoms with E-state index in [9.17, 15) is 18.3 Å². The van der Waals surface area contributed by atoms with E-state index in [0.717, 1.165) is 42.8 Å². The Hall–Kier alpha value is -2.59. The number of nitrogens with one attached hydrogen (secondary N) is 2. The molecule has 2 aliphatic heterocycles. The Balaban J connectivity index is 1.44. The van der Waals surface area contributed by atoms with Crippen LogP contribution in [0.1, 0.15) is 88.2 Å². The molecule has 47 heavy (non-hydrogen) atoms. The summed E-state index contributed by atoms with van der Waals surface area (Å²) in [4.78, 5) is 15.8. The number of allylic oxidation sites excluding steroid dienone is 1. The zero-order valence-electron chi connectivity index (χ0n) is 28.3. The normalized spacial score (nSPS) is 33.0. The van der Waals surface area contributed by atoms with Crippen molar-refractivity contribution >= 4 is 33.2 Å². The average Bonchev–Trinajstić information content (AvgIpc) is 3.13. The number of hydrogen-bond donors (Lipinski definition) is 3. The second kappa shape index (κ2) is 12.7. The summed E-state index contributed by atoms with van der Waals surface area (Å²) in [5, 5.41) is 15.8. The number of ether oxygens (including phenoxy) is 1. The molecule has 1 fully saturated rings. The van der Waals surface area contributed by atoms with Crippen molar-refractivity contribution in [2.45, 2.75) is 94.9 Å². The minimum Gasteiger partial charge on any atom is -0.490 e. The van der Waals surface area contributed by atoms with Crippen LogP contribution in [-0.4, -0.2) is 62.1 Å². The molecular formula is C37H50ClN3O5S. The molecule has 1 spiro atoms. The number of rotatable bonds is 2. The highest BCUT2D eigenvalue weighted by Gasteiger charge is 2.48. The largest absolute Gasteiger partial charge is 0.490 e. The third kappa shape index (κ3) is 6.96. The van der Waals surface area contributed by atoms with Gasteiger partial charge in [-0.25, -0.2) is 13.1 Å². The second-order valence-electron chi connectivity index (χ2n) is 15.6. The molecule has 256 valence electrons. The minimum absolute atomic E-state index is 0.00506. The summed E-state index contributed by atoms with van der Waals surface area (Å²) >= 11 is 6.44. The first kappa shape index (κ1) is 34.3. The first-order valence-corrected chi connectivity index (χ1v) is 19.0. The Labute approximate surface area is 285 Å². The Morgan fingerprint density at radius 2 is 1.94 bits per heavy atom. The third-order valence-electron chi connectivity index (χ3n) is 11.2. The summed E-state index contributed by atoms with van der Waals surface area (Å²) in [7, 11) is -3.97. The van der Waals surface area contributed by atoms with Gasteiger partial charge in [0.15, 0.2) is 0 Å². The third-order valence-corrected chi connectivity index (χ3v) is 13.3. The van der Waals surface area contributed by atoms with Crippen LogP contribution in [0.3, 0.4) is 0 Å². The highest BCUT2D eigenvalue weighted by molar-refractivity contribution is 7.90. The van der Waals surface area contributed by atoms with E-state index in [1.165, 1.54) is 11.1 Å². The van der Waals surface area contributed by atoms with Crippen molar-refractivity contribution in [3.63, 3.8) is 0 Å². The molecule has 2 aromatic carbocycles. The lowest BCUT2D eigenvalue weighted by Gasteiger charge is -2.49. The number of halogens is 1. The lowest BCUT2D eigenvalue weighted by Crippen LogP contribution is -2.57. The van der Waals surface area contributed by atoms with Crippen molar-refractivity contribution in [1.82, 2.24) is 10.0 Å². The van der Waals surface area contributed by atoms with Gasteiger partial charge in [0.25, 0.3) is 5.91 Å². The van der Waals surface area contributed by atoms with E-state index >= 15 is 0 Å². The number of hydrogen-bond acceptors (Lipinski definition) is 7. The molecule has 4 aliphatic rings. The first-order chi connectivity index (χ1) is 22.1. The van der Waals surface area contributed by atoms with Gasteiger partial charge in [0.1, 0.15) is 5.75 Å². The van der Waals surface area contributed by atoms with E-state index in [0.29, 0.717) is 38.4 Å². The molecule has 3 N–H and O–H groups in total. The van der Waals surface area contributed by atoms with Crippen molar-refractivity contribution in [3.8, 4) is 5.75 Å². The molecular weight excluding hydrogens is 634 g/mol. The minimum atomic E-state index is -3.97. The number of benzene rings is 2. The number of β-amino-alcohol motifs (C(OH)–C–C–N with tert-alkyl or cyclic N) is 1. The molecule has 2 aromatic rings. The number of carbonyl (C=O) groups is 1. The molecule has 1 saturated carbocycles. The maximum atomic E-state index is 13.5. The maximum absolute atomic E-state index is 13.5. The van der Waals surface area contributed by atoms with E-state index in [1.807, 2.05) is 25.1 Å². The van der Waals surface area contributed by atoms with Gasteiger partial charge in [-0.05, 0) is 125 Å². The molecule has 0 radical (unpaired) electrons. The van der Waals surface area contributed by atoms with E-state index in [-0.39, 0.29) is 34.3 Å². The van der Waals surface area contributed by atoms with Crippen LogP contribution in [0, 0.1) is 17.8 Å². The summed E-state index contributed by atoms with van der Waals surface area (Å²) in [5.74, 6) is -0.0433. The molecule has 2 heterocycles. The van der Waals surface area contributed by atoms with Crippen LogP contribution in [-0.2, 0) is 21.9 Å². The summed E-state index contributed by atoms with van der Waals surface area (Å²) in [6.07, 6.45) is 9.09. The predicted molar refractivity (Wildman–Crippen MR) is 188 cm³/mol. The molecule has 0 aromatic heterocycles. The predicted octanol–water partition coefficient (Wildman–Crippen LogP) is 6.00. The van der Waals surface area contributed by atoms with Crippen LogP contribution < -0.4 is 19.7 Å². The fourth-order valence-electron chi connectivity index (χ4n) is 7.97. The highest BCUT2D eigenvalue weighted by atomic mass is 35.5. The molecule has 0 unspecified atom stereocenters. The van der Waals surface area contributed by atoms with Crippen molar-refractivity contribution in [2.24, 2.45) is 17.8 Å². The van der Waals surface area contributed by atoms with Gasteiger partial charge >= 0.3 is 0 Å². The van der Waals surface area contributed by atoms with Gasteiger partial charge in [-0.2, -0.15) is 0 Å². The molecule has 2 aliphatic carbocycles. The van der Waals surface area contributed by atoms with Gasteiger partial charge < -0.3 is 20.1 Å². The number of aliphatic hydroxyl groups is 1. The molecule has 8 nitrogen and oxygen atoms in total. The van der Waals surface area contributed by atoms with Crippen LogP contribution >= 0.6 is 11.6 Å². The fourth-order valence-corrected chi connectivity index (χ4v) is 9.45. The zero-order chi connectivity index (χ0) is 33.8. The van der Waals surface area contributed by atoms with E-state index < -0.39 is 26.8 Å². The Morgan fingerprint density at radius 1 is 1.15 bits per heavy atom. The van der Waals surface area contributed by atoms with E-state index in [2.05, 4.69) is 47.8 Å². The summed E-state index contributed by atoms with van der Waals surface area (Å²) < 4.78 is 35.7.